The second kappa shape index (κ2) is 5.43. The summed E-state index contributed by atoms with van der Waals surface area (Å²) in [5.74, 6) is -0.399. The van der Waals surface area contributed by atoms with Crippen molar-refractivity contribution >= 4 is 24.0 Å². The zero-order chi connectivity index (χ0) is 9.14. The minimum absolute atomic E-state index is 0. The molecule has 13 heavy (non-hydrogen) atoms. The predicted molar refractivity (Wildman–Crippen MR) is 55.9 cm³/mol. The van der Waals surface area contributed by atoms with Crippen LogP contribution >= 0.6 is 24.0 Å². The van der Waals surface area contributed by atoms with Gasteiger partial charge in [0.05, 0.1) is 5.02 Å². The summed E-state index contributed by atoms with van der Waals surface area (Å²) < 4.78 is 12.7. The molecule has 2 N–H and O–H groups in total. The molecule has 74 valence electrons. The first kappa shape index (κ1) is 12.7. The van der Waals surface area contributed by atoms with Crippen molar-refractivity contribution in [3.8, 4) is 0 Å². The third-order valence-electron chi connectivity index (χ3n) is 1.81. The quantitative estimate of drug-likeness (QED) is 0.819. The van der Waals surface area contributed by atoms with Crippen LogP contribution in [0.3, 0.4) is 0 Å². The van der Waals surface area contributed by atoms with E-state index in [-0.39, 0.29) is 23.5 Å². The molecule has 0 aliphatic rings. The molecule has 0 radical (unpaired) electrons. The van der Waals surface area contributed by atoms with Gasteiger partial charge in [0, 0.05) is 6.04 Å². The molecule has 1 nitrogen and oxygen atoms in total. The third-order valence-corrected chi connectivity index (χ3v) is 2.10. The van der Waals surface area contributed by atoms with Gasteiger partial charge in [-0.2, -0.15) is 0 Å². The summed E-state index contributed by atoms with van der Waals surface area (Å²) in [6, 6.07) is 4.52. The lowest BCUT2D eigenvalue weighted by molar-refractivity contribution is 0.624. The Labute approximate surface area is 88.5 Å². The maximum absolute atomic E-state index is 12.7. The van der Waals surface area contributed by atoms with Crippen LogP contribution in [0, 0.1) is 5.82 Å². The van der Waals surface area contributed by atoms with Crippen LogP contribution in [0.4, 0.5) is 4.39 Å². The second-order valence-electron chi connectivity index (χ2n) is 2.69. The van der Waals surface area contributed by atoms with Crippen LogP contribution < -0.4 is 5.73 Å². The summed E-state index contributed by atoms with van der Waals surface area (Å²) in [6.45, 7) is 1.97. The fourth-order valence-corrected chi connectivity index (χ4v) is 1.17. The van der Waals surface area contributed by atoms with Gasteiger partial charge in [0.2, 0.25) is 0 Å². The van der Waals surface area contributed by atoms with Crippen molar-refractivity contribution in [2.24, 2.45) is 5.73 Å². The van der Waals surface area contributed by atoms with E-state index in [9.17, 15) is 4.39 Å². The molecule has 0 amide bonds. The van der Waals surface area contributed by atoms with E-state index in [2.05, 4.69) is 0 Å². The Bertz CT molecular complexity index is 278. The Morgan fingerprint density at radius 3 is 2.62 bits per heavy atom. The van der Waals surface area contributed by atoms with Crippen molar-refractivity contribution in [2.75, 3.05) is 0 Å². The zero-order valence-electron chi connectivity index (χ0n) is 7.26. The summed E-state index contributed by atoms with van der Waals surface area (Å²) in [5, 5.41) is 0.136. The van der Waals surface area contributed by atoms with E-state index in [1.54, 1.807) is 12.1 Å². The van der Waals surface area contributed by atoms with Crippen molar-refractivity contribution < 1.29 is 4.39 Å². The van der Waals surface area contributed by atoms with E-state index in [1.807, 2.05) is 6.92 Å². The topological polar surface area (TPSA) is 26.0 Å². The highest BCUT2D eigenvalue weighted by Gasteiger charge is 2.05. The SMILES string of the molecule is CCC(N)c1ccc(F)c(Cl)c1.Cl. The van der Waals surface area contributed by atoms with Crippen LogP contribution in [0.15, 0.2) is 18.2 Å². The maximum atomic E-state index is 12.7. The van der Waals surface area contributed by atoms with Gasteiger partial charge in [0.15, 0.2) is 0 Å². The lowest BCUT2D eigenvalue weighted by Gasteiger charge is -2.08. The molecule has 1 unspecified atom stereocenters. The van der Waals surface area contributed by atoms with Crippen molar-refractivity contribution in [3.63, 3.8) is 0 Å². The highest BCUT2D eigenvalue weighted by atomic mass is 35.5. The van der Waals surface area contributed by atoms with Crippen LogP contribution in [-0.2, 0) is 0 Å². The Kier molecular flexibility index (Phi) is 5.30. The Hall–Kier alpha value is -0.310. The molecule has 0 aliphatic heterocycles. The van der Waals surface area contributed by atoms with Crippen LogP contribution in [0.25, 0.3) is 0 Å². The molecule has 0 bridgehead atoms. The van der Waals surface area contributed by atoms with Gasteiger partial charge in [-0.1, -0.05) is 24.6 Å². The van der Waals surface area contributed by atoms with Gasteiger partial charge in [0.25, 0.3) is 0 Å². The van der Waals surface area contributed by atoms with Gasteiger partial charge < -0.3 is 5.73 Å². The third kappa shape index (κ3) is 3.14. The van der Waals surface area contributed by atoms with Crippen LogP contribution in [0.5, 0.6) is 0 Å². The van der Waals surface area contributed by atoms with E-state index in [0.29, 0.717) is 0 Å². The van der Waals surface area contributed by atoms with E-state index in [0.717, 1.165) is 12.0 Å². The summed E-state index contributed by atoms with van der Waals surface area (Å²) in [7, 11) is 0. The average Bonchev–Trinajstić information content (AvgIpc) is 2.08. The predicted octanol–water partition coefficient (Wildman–Crippen LogP) is 3.31. The number of hydrogen-bond donors (Lipinski definition) is 1. The lowest BCUT2D eigenvalue weighted by atomic mass is 10.1. The first-order valence-corrected chi connectivity index (χ1v) is 4.23. The smallest absolute Gasteiger partial charge is 0.141 e. The van der Waals surface area contributed by atoms with Gasteiger partial charge in [-0.25, -0.2) is 4.39 Å². The standard InChI is InChI=1S/C9H11ClFN.ClH/c1-2-9(12)6-3-4-8(11)7(10)5-6;/h3-5,9H,2,12H2,1H3;1H. The van der Waals surface area contributed by atoms with Gasteiger partial charge in [0.1, 0.15) is 5.82 Å². The maximum Gasteiger partial charge on any atom is 0.141 e. The second-order valence-corrected chi connectivity index (χ2v) is 3.10. The lowest BCUT2D eigenvalue weighted by Crippen LogP contribution is -2.08. The number of hydrogen-bond acceptors (Lipinski definition) is 1. The number of rotatable bonds is 2. The molecule has 0 fully saturated rings. The molecule has 0 spiro atoms. The van der Waals surface area contributed by atoms with Crippen molar-refractivity contribution in [3.05, 3.63) is 34.6 Å². The van der Waals surface area contributed by atoms with E-state index < -0.39 is 5.82 Å². The largest absolute Gasteiger partial charge is 0.324 e. The molecule has 4 heteroatoms. The van der Waals surface area contributed by atoms with Crippen molar-refractivity contribution in [1.29, 1.82) is 0 Å². The highest BCUT2D eigenvalue weighted by Crippen LogP contribution is 2.20. The summed E-state index contributed by atoms with van der Waals surface area (Å²) in [5.41, 5.74) is 6.61. The zero-order valence-corrected chi connectivity index (χ0v) is 8.83. The van der Waals surface area contributed by atoms with E-state index in [4.69, 9.17) is 17.3 Å². The fraction of sp³-hybridized carbons (Fsp3) is 0.333. The minimum atomic E-state index is -0.399. The van der Waals surface area contributed by atoms with Crippen LogP contribution in [0.1, 0.15) is 24.9 Å². The summed E-state index contributed by atoms with van der Waals surface area (Å²) >= 11 is 5.58. The first-order valence-electron chi connectivity index (χ1n) is 3.85. The average molecular weight is 224 g/mol. The normalized spacial score (nSPS) is 12.0. The number of benzene rings is 1. The van der Waals surface area contributed by atoms with Crippen molar-refractivity contribution in [2.45, 2.75) is 19.4 Å². The monoisotopic (exact) mass is 223 g/mol. The Balaban J connectivity index is 0.00000144. The Morgan fingerprint density at radius 2 is 2.15 bits per heavy atom. The fourth-order valence-electron chi connectivity index (χ4n) is 0.979. The number of nitrogens with two attached hydrogens (primary N) is 1. The van der Waals surface area contributed by atoms with Crippen molar-refractivity contribution in [1.82, 2.24) is 0 Å². The van der Waals surface area contributed by atoms with Crippen LogP contribution in [0.2, 0.25) is 5.02 Å². The van der Waals surface area contributed by atoms with Gasteiger partial charge in [-0.15, -0.1) is 12.4 Å². The summed E-state index contributed by atoms with van der Waals surface area (Å²) in [4.78, 5) is 0. The minimum Gasteiger partial charge on any atom is -0.324 e. The number of halogens is 3. The molecule has 1 aromatic carbocycles. The van der Waals surface area contributed by atoms with E-state index in [1.165, 1.54) is 6.07 Å². The molecule has 0 aromatic heterocycles. The highest BCUT2D eigenvalue weighted by molar-refractivity contribution is 6.30. The molecule has 0 aliphatic carbocycles. The Morgan fingerprint density at radius 1 is 1.54 bits per heavy atom. The molecule has 0 saturated heterocycles. The first-order chi connectivity index (χ1) is 5.65. The van der Waals surface area contributed by atoms with Gasteiger partial charge in [-0.3, -0.25) is 0 Å². The molecular weight excluding hydrogens is 212 g/mol. The molecule has 0 saturated carbocycles. The van der Waals surface area contributed by atoms with E-state index >= 15 is 0 Å². The molecule has 0 heterocycles. The molecule has 1 aromatic rings. The molecule has 1 atom stereocenters. The van der Waals surface area contributed by atoms with Crippen LogP contribution in [-0.4, -0.2) is 0 Å². The molecule has 1 rings (SSSR count). The van der Waals surface area contributed by atoms with Gasteiger partial charge in [-0.05, 0) is 24.1 Å². The van der Waals surface area contributed by atoms with Gasteiger partial charge >= 0.3 is 0 Å². The molecular formula is C9H12Cl2FN. The summed E-state index contributed by atoms with van der Waals surface area (Å²) in [6.07, 6.45) is 0.821.